The van der Waals surface area contributed by atoms with Crippen LogP contribution in [0.5, 0.6) is 0 Å². The molecule has 0 aliphatic carbocycles. The highest BCUT2D eigenvalue weighted by molar-refractivity contribution is 5.66. The van der Waals surface area contributed by atoms with Crippen molar-refractivity contribution in [2.24, 2.45) is 0 Å². The fourth-order valence-electron chi connectivity index (χ4n) is 2.91. The highest BCUT2D eigenvalue weighted by Crippen LogP contribution is 2.20. The second-order valence-corrected chi connectivity index (χ2v) is 5.38. The molecule has 2 atom stereocenters. The molecule has 0 saturated carbocycles. The Labute approximate surface area is 109 Å². The molecular weight excluding hydrogens is 232 g/mol. The molecule has 0 aromatic heterocycles. The number of rotatable bonds is 4. The van der Waals surface area contributed by atoms with Crippen molar-refractivity contribution >= 4 is 5.97 Å². The SMILES string of the molecule is CC1CC(N2CCN(CCC(=O)O)CC2)CCO1. The summed E-state index contributed by atoms with van der Waals surface area (Å²) in [5.41, 5.74) is 0. The lowest BCUT2D eigenvalue weighted by atomic mass is 10.0. The third-order valence-corrected chi connectivity index (χ3v) is 4.02. The van der Waals surface area contributed by atoms with Crippen molar-refractivity contribution in [3.63, 3.8) is 0 Å². The minimum absolute atomic E-state index is 0.258. The van der Waals surface area contributed by atoms with E-state index in [2.05, 4.69) is 16.7 Å². The van der Waals surface area contributed by atoms with Gasteiger partial charge in [-0.05, 0) is 19.8 Å². The highest BCUT2D eigenvalue weighted by Gasteiger charge is 2.27. The normalized spacial score (nSPS) is 31.4. The Hall–Kier alpha value is -0.650. The lowest BCUT2D eigenvalue weighted by Gasteiger charge is -2.41. The van der Waals surface area contributed by atoms with Crippen molar-refractivity contribution in [3.05, 3.63) is 0 Å². The van der Waals surface area contributed by atoms with Crippen LogP contribution in [0.4, 0.5) is 0 Å². The third kappa shape index (κ3) is 3.93. The maximum Gasteiger partial charge on any atom is 0.304 e. The van der Waals surface area contributed by atoms with Crippen molar-refractivity contribution in [3.8, 4) is 0 Å². The number of carboxylic acid groups (broad SMARTS) is 1. The largest absolute Gasteiger partial charge is 0.481 e. The first kappa shape index (κ1) is 13.8. The van der Waals surface area contributed by atoms with E-state index in [0.29, 0.717) is 18.7 Å². The topological polar surface area (TPSA) is 53.0 Å². The van der Waals surface area contributed by atoms with Crippen LogP contribution >= 0.6 is 0 Å². The Balaban J connectivity index is 1.71. The molecule has 5 nitrogen and oxygen atoms in total. The van der Waals surface area contributed by atoms with Crippen molar-refractivity contribution in [2.45, 2.75) is 38.3 Å². The van der Waals surface area contributed by atoms with E-state index in [4.69, 9.17) is 9.84 Å². The van der Waals surface area contributed by atoms with Crippen LogP contribution in [0.3, 0.4) is 0 Å². The van der Waals surface area contributed by atoms with Crippen LogP contribution in [0.15, 0.2) is 0 Å². The Morgan fingerprint density at radius 2 is 2.06 bits per heavy atom. The van der Waals surface area contributed by atoms with Gasteiger partial charge in [0.1, 0.15) is 0 Å². The first-order valence-electron chi connectivity index (χ1n) is 6.95. The van der Waals surface area contributed by atoms with Gasteiger partial charge in [0.15, 0.2) is 0 Å². The van der Waals surface area contributed by atoms with Gasteiger partial charge in [-0.3, -0.25) is 9.69 Å². The fourth-order valence-corrected chi connectivity index (χ4v) is 2.91. The van der Waals surface area contributed by atoms with Crippen LogP contribution in [0.25, 0.3) is 0 Å². The summed E-state index contributed by atoms with van der Waals surface area (Å²) in [6.45, 7) is 7.85. The molecule has 18 heavy (non-hydrogen) atoms. The van der Waals surface area contributed by atoms with E-state index in [9.17, 15) is 4.79 Å². The van der Waals surface area contributed by atoms with Crippen LogP contribution in [-0.2, 0) is 9.53 Å². The van der Waals surface area contributed by atoms with Crippen LogP contribution in [0, 0.1) is 0 Å². The lowest BCUT2D eigenvalue weighted by molar-refractivity contribution is -0.137. The average Bonchev–Trinajstić information content (AvgIpc) is 2.37. The van der Waals surface area contributed by atoms with E-state index < -0.39 is 5.97 Å². The predicted octanol–water partition coefficient (Wildman–Crippen LogP) is 0.646. The molecule has 2 rings (SSSR count). The first-order valence-corrected chi connectivity index (χ1v) is 6.95. The van der Waals surface area contributed by atoms with Gasteiger partial charge < -0.3 is 14.7 Å². The lowest BCUT2D eigenvalue weighted by Crippen LogP contribution is -2.52. The number of ether oxygens (including phenoxy) is 1. The first-order chi connectivity index (χ1) is 8.65. The standard InChI is InChI=1S/C13H24N2O3/c1-11-10-12(3-9-18-11)15-7-5-14(6-8-15)4-2-13(16)17/h11-12H,2-10H2,1H3,(H,16,17). The predicted molar refractivity (Wildman–Crippen MR) is 68.7 cm³/mol. The number of carbonyl (C=O) groups is 1. The molecule has 2 heterocycles. The summed E-state index contributed by atoms with van der Waals surface area (Å²) in [6.07, 6.45) is 2.91. The highest BCUT2D eigenvalue weighted by atomic mass is 16.5. The molecule has 2 saturated heterocycles. The van der Waals surface area contributed by atoms with E-state index in [1.807, 2.05) is 0 Å². The fraction of sp³-hybridized carbons (Fsp3) is 0.923. The van der Waals surface area contributed by atoms with E-state index in [1.54, 1.807) is 0 Å². The van der Waals surface area contributed by atoms with Crippen LogP contribution in [0.2, 0.25) is 0 Å². The Bertz CT molecular complexity index is 277. The van der Waals surface area contributed by atoms with Gasteiger partial charge in [0.25, 0.3) is 0 Å². The molecule has 0 spiro atoms. The maximum atomic E-state index is 10.5. The van der Waals surface area contributed by atoms with Crippen molar-refractivity contribution in [1.82, 2.24) is 9.80 Å². The maximum absolute atomic E-state index is 10.5. The number of piperazine rings is 1. The summed E-state index contributed by atoms with van der Waals surface area (Å²) in [4.78, 5) is 15.3. The van der Waals surface area contributed by atoms with Crippen molar-refractivity contribution < 1.29 is 14.6 Å². The summed E-state index contributed by atoms with van der Waals surface area (Å²) in [6, 6.07) is 0.662. The number of carboxylic acids is 1. The monoisotopic (exact) mass is 256 g/mol. The van der Waals surface area contributed by atoms with Gasteiger partial charge in [0, 0.05) is 45.4 Å². The summed E-state index contributed by atoms with van der Waals surface area (Å²) in [7, 11) is 0. The summed E-state index contributed by atoms with van der Waals surface area (Å²) in [5.74, 6) is -0.698. The summed E-state index contributed by atoms with van der Waals surface area (Å²) >= 11 is 0. The molecule has 5 heteroatoms. The molecule has 2 unspecified atom stereocenters. The van der Waals surface area contributed by atoms with Gasteiger partial charge in [-0.1, -0.05) is 0 Å². The zero-order valence-electron chi connectivity index (χ0n) is 11.2. The second-order valence-electron chi connectivity index (χ2n) is 5.38. The van der Waals surface area contributed by atoms with Gasteiger partial charge in [-0.15, -0.1) is 0 Å². The molecule has 0 radical (unpaired) electrons. The zero-order chi connectivity index (χ0) is 13.0. The molecule has 0 amide bonds. The van der Waals surface area contributed by atoms with Gasteiger partial charge in [-0.25, -0.2) is 0 Å². The minimum atomic E-state index is -0.698. The molecular formula is C13H24N2O3. The molecule has 1 N–H and O–H groups in total. The number of hydrogen-bond acceptors (Lipinski definition) is 4. The number of nitrogens with zero attached hydrogens (tertiary/aromatic N) is 2. The number of hydrogen-bond donors (Lipinski definition) is 1. The molecule has 2 aliphatic rings. The summed E-state index contributed by atoms with van der Waals surface area (Å²) in [5, 5.41) is 8.68. The second kappa shape index (κ2) is 6.50. The third-order valence-electron chi connectivity index (χ3n) is 4.02. The van der Waals surface area contributed by atoms with Gasteiger partial charge in [-0.2, -0.15) is 0 Å². The Morgan fingerprint density at radius 1 is 1.33 bits per heavy atom. The Kier molecular flexibility index (Phi) is 4.97. The molecule has 2 aliphatic heterocycles. The quantitative estimate of drug-likeness (QED) is 0.800. The Morgan fingerprint density at radius 3 is 2.67 bits per heavy atom. The number of aliphatic carboxylic acids is 1. The smallest absolute Gasteiger partial charge is 0.304 e. The van der Waals surface area contributed by atoms with Gasteiger partial charge in [0.05, 0.1) is 12.5 Å². The molecule has 0 aromatic rings. The molecule has 0 bridgehead atoms. The molecule has 104 valence electrons. The van der Waals surface area contributed by atoms with E-state index >= 15 is 0 Å². The van der Waals surface area contributed by atoms with E-state index in [-0.39, 0.29) is 6.42 Å². The van der Waals surface area contributed by atoms with E-state index in [0.717, 1.165) is 45.6 Å². The van der Waals surface area contributed by atoms with Gasteiger partial charge in [0.2, 0.25) is 0 Å². The molecule has 2 fully saturated rings. The van der Waals surface area contributed by atoms with Crippen molar-refractivity contribution in [1.29, 1.82) is 0 Å². The zero-order valence-corrected chi connectivity index (χ0v) is 11.2. The van der Waals surface area contributed by atoms with E-state index in [1.165, 1.54) is 0 Å². The van der Waals surface area contributed by atoms with Crippen LogP contribution < -0.4 is 0 Å². The molecule has 0 aromatic carbocycles. The van der Waals surface area contributed by atoms with Gasteiger partial charge >= 0.3 is 5.97 Å². The van der Waals surface area contributed by atoms with Crippen LogP contribution in [-0.4, -0.2) is 72.4 Å². The van der Waals surface area contributed by atoms with Crippen molar-refractivity contribution in [2.75, 3.05) is 39.3 Å². The minimum Gasteiger partial charge on any atom is -0.481 e. The average molecular weight is 256 g/mol. The summed E-state index contributed by atoms with van der Waals surface area (Å²) < 4.78 is 5.58. The van der Waals surface area contributed by atoms with Crippen LogP contribution in [0.1, 0.15) is 26.2 Å².